The fourth-order valence-corrected chi connectivity index (χ4v) is 3.90. The van der Waals surface area contributed by atoms with Gasteiger partial charge in [-0.05, 0) is 48.9 Å². The first-order valence-electron chi connectivity index (χ1n) is 9.25. The lowest BCUT2D eigenvalue weighted by Crippen LogP contribution is -2.15. The zero-order chi connectivity index (χ0) is 22.1. The normalized spacial score (nSPS) is 10.8. The van der Waals surface area contributed by atoms with E-state index in [9.17, 15) is 14.9 Å². The Morgan fingerprint density at radius 3 is 2.42 bits per heavy atom. The average Bonchev–Trinajstić information content (AvgIpc) is 2.74. The van der Waals surface area contributed by atoms with Crippen molar-refractivity contribution in [2.75, 3.05) is 5.32 Å². The predicted octanol–water partition coefficient (Wildman–Crippen LogP) is 6.68. The summed E-state index contributed by atoms with van der Waals surface area (Å²) in [6, 6.07) is 18.1. The largest absolute Gasteiger partial charge is 0.322 e. The summed E-state index contributed by atoms with van der Waals surface area (Å²) < 4.78 is 0. The molecule has 1 aromatic heterocycles. The van der Waals surface area contributed by atoms with Gasteiger partial charge in [0.05, 0.1) is 26.7 Å². The second-order valence-corrected chi connectivity index (χ2v) is 7.70. The summed E-state index contributed by atoms with van der Waals surface area (Å²) in [5, 5.41) is 15.3. The minimum Gasteiger partial charge on any atom is -0.322 e. The molecule has 0 aliphatic carbocycles. The number of halogens is 2. The Labute approximate surface area is 187 Å². The maximum Gasteiger partial charge on any atom is 0.269 e. The second kappa shape index (κ2) is 8.34. The number of amides is 1. The van der Waals surface area contributed by atoms with Crippen LogP contribution >= 0.6 is 23.2 Å². The van der Waals surface area contributed by atoms with Gasteiger partial charge in [0.2, 0.25) is 0 Å². The first-order valence-corrected chi connectivity index (χ1v) is 10.0. The SMILES string of the molecule is Cc1c(-c2ccc(Cl)cc2Cl)nc2ccccc2c1C(=O)Nc1ccc([N+](=O)[O-])cc1. The first-order chi connectivity index (χ1) is 14.8. The number of pyridine rings is 1. The lowest BCUT2D eigenvalue weighted by molar-refractivity contribution is -0.384. The van der Waals surface area contributed by atoms with Crippen molar-refractivity contribution >= 4 is 51.4 Å². The molecule has 0 unspecified atom stereocenters. The molecule has 0 aliphatic heterocycles. The van der Waals surface area contributed by atoms with Gasteiger partial charge in [-0.15, -0.1) is 0 Å². The molecule has 0 saturated carbocycles. The van der Waals surface area contributed by atoms with Gasteiger partial charge in [0, 0.05) is 33.8 Å². The number of anilines is 1. The number of rotatable bonds is 4. The summed E-state index contributed by atoms with van der Waals surface area (Å²) in [6.45, 7) is 1.81. The van der Waals surface area contributed by atoms with Crippen LogP contribution in [-0.2, 0) is 0 Å². The lowest BCUT2D eigenvalue weighted by atomic mass is 9.97. The Balaban J connectivity index is 1.83. The average molecular weight is 452 g/mol. The molecule has 4 rings (SSSR count). The number of para-hydroxylation sites is 1. The van der Waals surface area contributed by atoms with Crippen LogP contribution in [0.4, 0.5) is 11.4 Å². The van der Waals surface area contributed by atoms with E-state index in [0.717, 1.165) is 0 Å². The topological polar surface area (TPSA) is 85.1 Å². The molecule has 0 spiro atoms. The molecule has 1 amide bonds. The molecule has 31 heavy (non-hydrogen) atoms. The molecule has 154 valence electrons. The Morgan fingerprint density at radius 1 is 1.03 bits per heavy atom. The molecule has 1 N–H and O–H groups in total. The van der Waals surface area contributed by atoms with Crippen molar-refractivity contribution < 1.29 is 9.72 Å². The summed E-state index contributed by atoms with van der Waals surface area (Å²) in [4.78, 5) is 28.4. The third-order valence-electron chi connectivity index (χ3n) is 4.89. The number of hydrogen-bond acceptors (Lipinski definition) is 4. The number of aromatic nitrogens is 1. The van der Waals surface area contributed by atoms with Crippen LogP contribution in [0, 0.1) is 17.0 Å². The fourth-order valence-electron chi connectivity index (χ4n) is 3.40. The third-order valence-corrected chi connectivity index (χ3v) is 5.43. The number of hydrogen-bond donors (Lipinski definition) is 1. The molecule has 0 saturated heterocycles. The molecule has 8 heteroatoms. The number of nitrogens with zero attached hydrogens (tertiary/aromatic N) is 2. The Bertz CT molecular complexity index is 1340. The molecule has 0 bridgehead atoms. The van der Waals surface area contributed by atoms with Crippen LogP contribution in [-0.4, -0.2) is 15.8 Å². The van der Waals surface area contributed by atoms with Crippen molar-refractivity contribution in [3.05, 3.63) is 98.0 Å². The quantitative estimate of drug-likeness (QED) is 0.277. The third kappa shape index (κ3) is 4.08. The van der Waals surface area contributed by atoms with E-state index in [-0.39, 0.29) is 11.6 Å². The number of non-ortho nitro benzene ring substituents is 1. The van der Waals surface area contributed by atoms with Gasteiger partial charge in [-0.1, -0.05) is 41.4 Å². The van der Waals surface area contributed by atoms with Crippen LogP contribution in [0.25, 0.3) is 22.2 Å². The summed E-state index contributed by atoms with van der Waals surface area (Å²) in [5.41, 5.74) is 3.38. The smallest absolute Gasteiger partial charge is 0.269 e. The molecule has 0 atom stereocenters. The van der Waals surface area contributed by atoms with Gasteiger partial charge < -0.3 is 5.32 Å². The summed E-state index contributed by atoms with van der Waals surface area (Å²) in [6.07, 6.45) is 0. The van der Waals surface area contributed by atoms with Crippen LogP contribution in [0.1, 0.15) is 15.9 Å². The number of benzene rings is 3. The van der Waals surface area contributed by atoms with E-state index in [1.165, 1.54) is 24.3 Å². The summed E-state index contributed by atoms with van der Waals surface area (Å²) >= 11 is 12.4. The molecule has 0 radical (unpaired) electrons. The molecule has 4 aromatic rings. The van der Waals surface area contributed by atoms with Crippen molar-refractivity contribution in [2.24, 2.45) is 0 Å². The standard InChI is InChI=1S/C23H15Cl2N3O3/c1-13-21(23(29)26-15-7-9-16(10-8-15)28(30)31)18-4-2-3-5-20(18)27-22(13)17-11-6-14(24)12-19(17)25/h2-12H,1H3,(H,26,29). The summed E-state index contributed by atoms with van der Waals surface area (Å²) in [7, 11) is 0. The molecular formula is C23H15Cl2N3O3. The van der Waals surface area contributed by atoms with Crippen LogP contribution < -0.4 is 5.32 Å². The minimum atomic E-state index is -0.492. The molecule has 0 aliphatic rings. The van der Waals surface area contributed by atoms with E-state index >= 15 is 0 Å². The van der Waals surface area contributed by atoms with Gasteiger partial charge in [0.1, 0.15) is 0 Å². The monoisotopic (exact) mass is 451 g/mol. The van der Waals surface area contributed by atoms with Gasteiger partial charge in [-0.25, -0.2) is 4.98 Å². The van der Waals surface area contributed by atoms with Crippen LogP contribution in [0.5, 0.6) is 0 Å². The van der Waals surface area contributed by atoms with Gasteiger partial charge in [0.15, 0.2) is 0 Å². The fraction of sp³-hybridized carbons (Fsp3) is 0.0435. The molecule has 1 heterocycles. The van der Waals surface area contributed by atoms with E-state index in [1.54, 1.807) is 18.2 Å². The number of fused-ring (bicyclic) bond motifs is 1. The first kappa shape index (κ1) is 20.8. The maximum atomic E-state index is 13.3. The van der Waals surface area contributed by atoms with E-state index in [0.29, 0.717) is 49.0 Å². The maximum absolute atomic E-state index is 13.3. The minimum absolute atomic E-state index is 0.0526. The van der Waals surface area contributed by atoms with Crippen molar-refractivity contribution in [1.82, 2.24) is 4.98 Å². The number of carbonyl (C=O) groups is 1. The number of nitro groups is 1. The van der Waals surface area contributed by atoms with Gasteiger partial charge in [-0.2, -0.15) is 0 Å². The van der Waals surface area contributed by atoms with Gasteiger partial charge in [-0.3, -0.25) is 14.9 Å². The van der Waals surface area contributed by atoms with Gasteiger partial charge >= 0.3 is 0 Å². The highest BCUT2D eigenvalue weighted by atomic mass is 35.5. The van der Waals surface area contributed by atoms with Crippen molar-refractivity contribution in [3.8, 4) is 11.3 Å². The molecule has 6 nitrogen and oxygen atoms in total. The highest BCUT2D eigenvalue weighted by Crippen LogP contribution is 2.35. The van der Waals surface area contributed by atoms with Gasteiger partial charge in [0.25, 0.3) is 11.6 Å². The number of carbonyl (C=O) groups excluding carboxylic acids is 1. The van der Waals surface area contributed by atoms with Crippen molar-refractivity contribution in [1.29, 1.82) is 0 Å². The summed E-state index contributed by atoms with van der Waals surface area (Å²) in [5.74, 6) is -0.351. The van der Waals surface area contributed by atoms with Crippen molar-refractivity contribution in [3.63, 3.8) is 0 Å². The predicted molar refractivity (Wildman–Crippen MR) is 123 cm³/mol. The Morgan fingerprint density at radius 2 is 1.74 bits per heavy atom. The van der Waals surface area contributed by atoms with Crippen molar-refractivity contribution in [2.45, 2.75) is 6.92 Å². The van der Waals surface area contributed by atoms with E-state index in [2.05, 4.69) is 5.32 Å². The molecular weight excluding hydrogens is 437 g/mol. The molecule has 0 fully saturated rings. The van der Waals surface area contributed by atoms with Crippen LogP contribution in [0.15, 0.2) is 66.7 Å². The Hall–Kier alpha value is -3.48. The zero-order valence-electron chi connectivity index (χ0n) is 16.2. The molecule has 3 aromatic carbocycles. The Kier molecular flexibility index (Phi) is 5.59. The van der Waals surface area contributed by atoms with Crippen LogP contribution in [0.2, 0.25) is 10.0 Å². The van der Waals surface area contributed by atoms with E-state index in [4.69, 9.17) is 28.2 Å². The lowest BCUT2D eigenvalue weighted by Gasteiger charge is -2.15. The highest BCUT2D eigenvalue weighted by Gasteiger charge is 2.20. The van der Waals surface area contributed by atoms with E-state index in [1.807, 2.05) is 31.2 Å². The zero-order valence-corrected chi connectivity index (χ0v) is 17.7. The highest BCUT2D eigenvalue weighted by molar-refractivity contribution is 6.36. The van der Waals surface area contributed by atoms with Crippen LogP contribution in [0.3, 0.4) is 0 Å². The number of nitrogens with one attached hydrogen (secondary N) is 1. The second-order valence-electron chi connectivity index (χ2n) is 6.86. The van der Waals surface area contributed by atoms with E-state index < -0.39 is 4.92 Å². The number of nitro benzene ring substituents is 1.